The number of likely N-dealkylation sites (tertiary alicyclic amines) is 1. The Morgan fingerprint density at radius 1 is 1.38 bits per heavy atom. The molecule has 2 unspecified atom stereocenters. The zero-order valence-corrected chi connectivity index (χ0v) is 12.3. The molecule has 0 aliphatic carbocycles. The Morgan fingerprint density at radius 2 is 2.14 bits per heavy atom. The van der Waals surface area contributed by atoms with Crippen LogP contribution in [0, 0.1) is 11.8 Å². The first-order valence-electron chi connectivity index (χ1n) is 6.69. The Morgan fingerprint density at radius 3 is 2.81 bits per heavy atom. The standard InChI is InChI=1S/C14H15N3O3S/c1-8-6-17(7-9(8)12(18)19)14(20)16-13-15-10-4-2-3-5-11(10)21-13/h2-5,8-9H,6-7H2,1H3,(H,18,19)(H,15,16,20). The van der Waals surface area contributed by atoms with Crippen LogP contribution in [0.5, 0.6) is 0 Å². The normalized spacial score (nSPS) is 21.7. The second kappa shape index (κ2) is 5.33. The fraction of sp³-hybridized carbons (Fsp3) is 0.357. The summed E-state index contributed by atoms with van der Waals surface area (Å²) in [5.74, 6) is -1.38. The topological polar surface area (TPSA) is 82.5 Å². The van der Waals surface area contributed by atoms with Gasteiger partial charge in [-0.3, -0.25) is 10.1 Å². The molecule has 1 aromatic carbocycles. The van der Waals surface area contributed by atoms with Crippen molar-refractivity contribution < 1.29 is 14.7 Å². The van der Waals surface area contributed by atoms with Crippen molar-refractivity contribution in [1.29, 1.82) is 0 Å². The van der Waals surface area contributed by atoms with Gasteiger partial charge in [-0.2, -0.15) is 0 Å². The summed E-state index contributed by atoms with van der Waals surface area (Å²) in [6.07, 6.45) is 0. The number of urea groups is 1. The number of carboxylic acids is 1. The lowest BCUT2D eigenvalue weighted by molar-refractivity contribution is -0.142. The van der Waals surface area contributed by atoms with Crippen LogP contribution >= 0.6 is 11.3 Å². The first kappa shape index (κ1) is 13.8. The number of aliphatic carboxylic acids is 1. The van der Waals surface area contributed by atoms with E-state index in [0.29, 0.717) is 11.7 Å². The average molecular weight is 305 g/mol. The maximum atomic E-state index is 12.2. The summed E-state index contributed by atoms with van der Waals surface area (Å²) < 4.78 is 1.01. The van der Waals surface area contributed by atoms with Crippen LogP contribution in [-0.2, 0) is 4.79 Å². The van der Waals surface area contributed by atoms with Crippen molar-refractivity contribution in [3.63, 3.8) is 0 Å². The molecule has 2 amide bonds. The maximum Gasteiger partial charge on any atom is 0.323 e. The molecule has 1 aromatic heterocycles. The number of anilines is 1. The number of nitrogens with zero attached hydrogens (tertiary/aromatic N) is 2. The largest absolute Gasteiger partial charge is 0.481 e. The molecule has 2 N–H and O–H groups in total. The molecular formula is C14H15N3O3S. The number of thiazole rings is 1. The average Bonchev–Trinajstić information content (AvgIpc) is 3.01. The van der Waals surface area contributed by atoms with Crippen LogP contribution in [-0.4, -0.2) is 40.1 Å². The molecule has 110 valence electrons. The number of fused-ring (bicyclic) bond motifs is 1. The number of carboxylic acid groups (broad SMARTS) is 1. The second-order valence-electron chi connectivity index (χ2n) is 5.24. The highest BCUT2D eigenvalue weighted by Gasteiger charge is 2.37. The van der Waals surface area contributed by atoms with E-state index in [1.807, 2.05) is 31.2 Å². The summed E-state index contributed by atoms with van der Waals surface area (Å²) in [4.78, 5) is 29.2. The predicted molar refractivity (Wildman–Crippen MR) is 80.5 cm³/mol. The number of hydrogen-bond acceptors (Lipinski definition) is 4. The number of carbonyl (C=O) groups is 2. The third-order valence-electron chi connectivity index (χ3n) is 3.72. The number of benzene rings is 1. The van der Waals surface area contributed by atoms with Crippen molar-refractivity contribution in [2.24, 2.45) is 11.8 Å². The molecule has 0 bridgehead atoms. The highest BCUT2D eigenvalue weighted by atomic mass is 32.1. The quantitative estimate of drug-likeness (QED) is 0.893. The fourth-order valence-electron chi connectivity index (χ4n) is 2.55. The van der Waals surface area contributed by atoms with Gasteiger partial charge in [-0.25, -0.2) is 9.78 Å². The van der Waals surface area contributed by atoms with E-state index in [2.05, 4.69) is 10.3 Å². The van der Waals surface area contributed by atoms with Gasteiger partial charge in [-0.1, -0.05) is 30.4 Å². The second-order valence-corrected chi connectivity index (χ2v) is 6.27. The van der Waals surface area contributed by atoms with Gasteiger partial charge in [0.25, 0.3) is 0 Å². The molecule has 3 rings (SSSR count). The molecule has 1 saturated heterocycles. The zero-order valence-electron chi connectivity index (χ0n) is 11.4. The first-order valence-corrected chi connectivity index (χ1v) is 7.50. The van der Waals surface area contributed by atoms with E-state index in [4.69, 9.17) is 5.11 Å². The molecule has 0 spiro atoms. The first-order chi connectivity index (χ1) is 10.0. The zero-order chi connectivity index (χ0) is 15.0. The minimum absolute atomic E-state index is 0.0383. The van der Waals surface area contributed by atoms with Crippen LogP contribution in [0.25, 0.3) is 10.2 Å². The van der Waals surface area contributed by atoms with Crippen molar-refractivity contribution in [2.45, 2.75) is 6.92 Å². The molecule has 2 atom stereocenters. The van der Waals surface area contributed by atoms with Crippen LogP contribution in [0.2, 0.25) is 0 Å². The van der Waals surface area contributed by atoms with E-state index >= 15 is 0 Å². The summed E-state index contributed by atoms with van der Waals surface area (Å²) in [6.45, 7) is 2.55. The molecule has 1 aliphatic rings. The van der Waals surface area contributed by atoms with E-state index in [9.17, 15) is 9.59 Å². The molecule has 0 radical (unpaired) electrons. The van der Waals surface area contributed by atoms with Crippen LogP contribution in [0.4, 0.5) is 9.93 Å². The minimum Gasteiger partial charge on any atom is -0.481 e. The number of nitrogens with one attached hydrogen (secondary N) is 1. The van der Waals surface area contributed by atoms with Gasteiger partial charge in [0, 0.05) is 13.1 Å². The molecular weight excluding hydrogens is 290 g/mol. The highest BCUT2D eigenvalue weighted by molar-refractivity contribution is 7.22. The SMILES string of the molecule is CC1CN(C(=O)Nc2nc3ccccc3s2)CC1C(=O)O. The summed E-state index contributed by atoms with van der Waals surface area (Å²) in [6, 6.07) is 7.37. The number of rotatable bonds is 2. The predicted octanol–water partition coefficient (Wildman–Crippen LogP) is 2.48. The van der Waals surface area contributed by atoms with E-state index in [0.717, 1.165) is 10.2 Å². The Kier molecular flexibility index (Phi) is 3.50. The van der Waals surface area contributed by atoms with Crippen LogP contribution < -0.4 is 5.32 Å². The number of hydrogen-bond donors (Lipinski definition) is 2. The Balaban J connectivity index is 1.70. The van der Waals surface area contributed by atoms with Gasteiger partial charge in [-0.15, -0.1) is 0 Å². The summed E-state index contributed by atoms with van der Waals surface area (Å²) in [7, 11) is 0. The summed E-state index contributed by atoms with van der Waals surface area (Å²) >= 11 is 1.41. The molecule has 2 heterocycles. The molecule has 1 aliphatic heterocycles. The molecule has 2 aromatic rings. The summed E-state index contributed by atoms with van der Waals surface area (Å²) in [5.41, 5.74) is 0.844. The van der Waals surface area contributed by atoms with Crippen LogP contribution in [0.1, 0.15) is 6.92 Å². The Labute approximate surface area is 125 Å². The van der Waals surface area contributed by atoms with Gasteiger partial charge in [-0.05, 0) is 18.1 Å². The van der Waals surface area contributed by atoms with Crippen LogP contribution in [0.3, 0.4) is 0 Å². The van der Waals surface area contributed by atoms with Gasteiger partial charge in [0.15, 0.2) is 5.13 Å². The number of para-hydroxylation sites is 1. The van der Waals surface area contributed by atoms with Crippen molar-refractivity contribution in [1.82, 2.24) is 9.88 Å². The van der Waals surface area contributed by atoms with Gasteiger partial charge >= 0.3 is 12.0 Å². The maximum absolute atomic E-state index is 12.2. The monoisotopic (exact) mass is 305 g/mol. The Hall–Kier alpha value is -2.15. The highest BCUT2D eigenvalue weighted by Crippen LogP contribution is 2.27. The van der Waals surface area contributed by atoms with Crippen molar-refractivity contribution >= 4 is 38.7 Å². The third-order valence-corrected chi connectivity index (χ3v) is 4.68. The number of aromatic nitrogens is 1. The summed E-state index contributed by atoms with van der Waals surface area (Å²) in [5, 5.41) is 12.4. The fourth-order valence-corrected chi connectivity index (χ4v) is 3.41. The molecule has 6 nitrogen and oxygen atoms in total. The van der Waals surface area contributed by atoms with Gasteiger partial charge in [0.05, 0.1) is 16.1 Å². The van der Waals surface area contributed by atoms with Gasteiger partial charge in [0.1, 0.15) is 0 Å². The lowest BCUT2D eigenvalue weighted by Crippen LogP contribution is -2.33. The third kappa shape index (κ3) is 2.69. The van der Waals surface area contributed by atoms with Crippen molar-refractivity contribution in [3.8, 4) is 0 Å². The molecule has 21 heavy (non-hydrogen) atoms. The lowest BCUT2D eigenvalue weighted by Gasteiger charge is -2.15. The van der Waals surface area contributed by atoms with Crippen molar-refractivity contribution in [2.75, 3.05) is 18.4 Å². The molecule has 7 heteroatoms. The lowest BCUT2D eigenvalue weighted by atomic mass is 9.99. The van der Waals surface area contributed by atoms with E-state index in [-0.39, 0.29) is 18.5 Å². The van der Waals surface area contributed by atoms with E-state index in [1.165, 1.54) is 16.2 Å². The van der Waals surface area contributed by atoms with Crippen molar-refractivity contribution in [3.05, 3.63) is 24.3 Å². The minimum atomic E-state index is -0.849. The molecule has 1 fully saturated rings. The van der Waals surface area contributed by atoms with Crippen LogP contribution in [0.15, 0.2) is 24.3 Å². The van der Waals surface area contributed by atoms with E-state index in [1.54, 1.807) is 0 Å². The number of carbonyl (C=O) groups excluding carboxylic acids is 1. The Bertz CT molecular complexity index is 667. The van der Waals surface area contributed by atoms with Gasteiger partial charge in [0.2, 0.25) is 0 Å². The van der Waals surface area contributed by atoms with Gasteiger partial charge < -0.3 is 10.0 Å². The smallest absolute Gasteiger partial charge is 0.323 e. The molecule has 0 saturated carbocycles. The number of amides is 2. The van der Waals surface area contributed by atoms with E-state index < -0.39 is 11.9 Å².